The van der Waals surface area contributed by atoms with Crippen molar-refractivity contribution in [3.63, 3.8) is 0 Å². The van der Waals surface area contributed by atoms with Crippen LogP contribution in [-0.2, 0) is 6.54 Å². The van der Waals surface area contributed by atoms with Gasteiger partial charge in [0.25, 0.3) is 0 Å². The highest BCUT2D eigenvalue weighted by molar-refractivity contribution is 9.10. The summed E-state index contributed by atoms with van der Waals surface area (Å²) in [5.41, 5.74) is 7.94. The number of nitrogens with zero attached hydrogens (tertiary/aromatic N) is 1. The third-order valence-corrected chi connectivity index (χ3v) is 4.24. The Balaban J connectivity index is 2.18. The predicted molar refractivity (Wildman–Crippen MR) is 88.8 cm³/mol. The molecule has 0 radical (unpaired) electrons. The van der Waals surface area contributed by atoms with Crippen LogP contribution >= 0.6 is 27.5 Å². The summed E-state index contributed by atoms with van der Waals surface area (Å²) in [7, 11) is 1.99. The van der Waals surface area contributed by atoms with Gasteiger partial charge in [0.05, 0.1) is 0 Å². The number of likely N-dealkylation sites (N-methyl/N-ethyl adjacent to an activating group) is 1. The summed E-state index contributed by atoms with van der Waals surface area (Å²) >= 11 is 9.71. The van der Waals surface area contributed by atoms with Gasteiger partial charge in [-0.2, -0.15) is 0 Å². The van der Waals surface area contributed by atoms with E-state index in [1.807, 2.05) is 25.2 Å². The summed E-state index contributed by atoms with van der Waals surface area (Å²) in [6.45, 7) is 1.13. The number of nitrogens with two attached hydrogens (primary N) is 1. The lowest BCUT2D eigenvalue weighted by atomic mass is 10.0. The molecule has 0 saturated carbocycles. The van der Waals surface area contributed by atoms with Crippen molar-refractivity contribution in [1.82, 2.24) is 4.90 Å². The highest BCUT2D eigenvalue weighted by Gasteiger charge is 2.18. The van der Waals surface area contributed by atoms with Crippen LogP contribution in [0.3, 0.4) is 0 Å². The molecule has 0 aliphatic carbocycles. The van der Waals surface area contributed by atoms with E-state index in [0.29, 0.717) is 18.1 Å². The summed E-state index contributed by atoms with van der Waals surface area (Å²) < 4.78 is 13.9. The van der Waals surface area contributed by atoms with E-state index in [1.54, 1.807) is 12.1 Å². The minimum Gasteiger partial charge on any atom is -0.329 e. The number of rotatable bonds is 5. The molecule has 0 aliphatic rings. The molecule has 5 heteroatoms. The smallest absolute Gasteiger partial charge is 0.123 e. The van der Waals surface area contributed by atoms with E-state index in [-0.39, 0.29) is 11.9 Å². The summed E-state index contributed by atoms with van der Waals surface area (Å²) in [5, 5.41) is 0.686. The zero-order chi connectivity index (χ0) is 15.4. The Kier molecular flexibility index (Phi) is 5.76. The zero-order valence-electron chi connectivity index (χ0n) is 11.7. The lowest BCUT2D eigenvalue weighted by Crippen LogP contribution is -2.30. The zero-order valence-corrected chi connectivity index (χ0v) is 14.0. The second-order valence-electron chi connectivity index (χ2n) is 4.96. The molecule has 0 heterocycles. The van der Waals surface area contributed by atoms with Gasteiger partial charge in [-0.05, 0) is 42.4 Å². The van der Waals surface area contributed by atoms with E-state index in [4.69, 9.17) is 17.3 Å². The quantitative estimate of drug-likeness (QED) is 0.845. The van der Waals surface area contributed by atoms with Crippen LogP contribution in [0.2, 0.25) is 5.02 Å². The Morgan fingerprint density at radius 3 is 2.48 bits per heavy atom. The molecule has 0 aromatic heterocycles. The van der Waals surface area contributed by atoms with Crippen LogP contribution in [0.1, 0.15) is 17.2 Å². The second kappa shape index (κ2) is 7.36. The standard InChI is InChI=1S/C16H17BrClFN2/c1-21(10-11-2-5-13(19)6-3-11)16(9-20)14-7-4-12(17)8-15(14)18/h2-8,16H,9-10,20H2,1H3. The van der Waals surface area contributed by atoms with Crippen molar-refractivity contribution in [1.29, 1.82) is 0 Å². The fourth-order valence-electron chi connectivity index (χ4n) is 2.30. The predicted octanol–water partition coefficient (Wildman–Crippen LogP) is 4.37. The third kappa shape index (κ3) is 4.27. The Labute approximate surface area is 137 Å². The van der Waals surface area contributed by atoms with E-state index in [1.165, 1.54) is 12.1 Å². The number of halogens is 3. The van der Waals surface area contributed by atoms with Crippen molar-refractivity contribution in [2.75, 3.05) is 13.6 Å². The van der Waals surface area contributed by atoms with Crippen LogP contribution in [0.4, 0.5) is 4.39 Å². The van der Waals surface area contributed by atoms with Gasteiger partial charge < -0.3 is 5.73 Å². The summed E-state index contributed by atoms with van der Waals surface area (Å²) in [4.78, 5) is 2.11. The van der Waals surface area contributed by atoms with Crippen molar-refractivity contribution >= 4 is 27.5 Å². The van der Waals surface area contributed by atoms with Crippen LogP contribution in [-0.4, -0.2) is 18.5 Å². The summed E-state index contributed by atoms with van der Waals surface area (Å²) in [6.07, 6.45) is 0. The molecular formula is C16H17BrClFN2. The molecule has 1 unspecified atom stereocenters. The molecule has 21 heavy (non-hydrogen) atoms. The molecule has 2 nitrogen and oxygen atoms in total. The Morgan fingerprint density at radius 1 is 1.24 bits per heavy atom. The molecule has 0 fully saturated rings. The van der Waals surface area contributed by atoms with E-state index in [0.717, 1.165) is 15.6 Å². The molecule has 2 rings (SSSR count). The molecule has 0 saturated heterocycles. The van der Waals surface area contributed by atoms with Gasteiger partial charge in [0.2, 0.25) is 0 Å². The van der Waals surface area contributed by atoms with Gasteiger partial charge in [-0.15, -0.1) is 0 Å². The Hall–Kier alpha value is -0.940. The van der Waals surface area contributed by atoms with Crippen molar-refractivity contribution in [2.24, 2.45) is 5.73 Å². The molecule has 1 atom stereocenters. The van der Waals surface area contributed by atoms with E-state index >= 15 is 0 Å². The van der Waals surface area contributed by atoms with Gasteiger partial charge in [0.1, 0.15) is 5.82 Å². The van der Waals surface area contributed by atoms with Crippen LogP contribution in [0.25, 0.3) is 0 Å². The van der Waals surface area contributed by atoms with E-state index < -0.39 is 0 Å². The Morgan fingerprint density at radius 2 is 1.90 bits per heavy atom. The first-order valence-corrected chi connectivity index (χ1v) is 7.78. The number of hydrogen-bond donors (Lipinski definition) is 1. The highest BCUT2D eigenvalue weighted by atomic mass is 79.9. The van der Waals surface area contributed by atoms with E-state index in [9.17, 15) is 4.39 Å². The van der Waals surface area contributed by atoms with Crippen LogP contribution in [0.15, 0.2) is 46.9 Å². The molecule has 2 aromatic carbocycles. The summed E-state index contributed by atoms with van der Waals surface area (Å²) in [6, 6.07) is 12.3. The number of hydrogen-bond acceptors (Lipinski definition) is 2. The fraction of sp³-hybridized carbons (Fsp3) is 0.250. The first kappa shape index (κ1) is 16.4. The van der Waals surface area contributed by atoms with Crippen molar-refractivity contribution in [2.45, 2.75) is 12.6 Å². The van der Waals surface area contributed by atoms with Crippen LogP contribution in [0.5, 0.6) is 0 Å². The first-order chi connectivity index (χ1) is 10.0. The molecule has 112 valence electrons. The average Bonchev–Trinajstić information content (AvgIpc) is 2.44. The molecular weight excluding hydrogens is 355 g/mol. The van der Waals surface area contributed by atoms with Gasteiger partial charge in [-0.1, -0.05) is 45.7 Å². The van der Waals surface area contributed by atoms with Crippen molar-refractivity contribution < 1.29 is 4.39 Å². The lowest BCUT2D eigenvalue weighted by molar-refractivity contribution is 0.242. The van der Waals surface area contributed by atoms with Crippen LogP contribution in [0, 0.1) is 5.82 Å². The minimum atomic E-state index is -0.229. The first-order valence-electron chi connectivity index (χ1n) is 6.61. The molecule has 0 aliphatic heterocycles. The maximum absolute atomic E-state index is 12.9. The highest BCUT2D eigenvalue weighted by Crippen LogP contribution is 2.29. The van der Waals surface area contributed by atoms with Crippen LogP contribution < -0.4 is 5.73 Å². The lowest BCUT2D eigenvalue weighted by Gasteiger charge is -2.28. The molecule has 0 bridgehead atoms. The van der Waals surface area contributed by atoms with Gasteiger partial charge in [0.15, 0.2) is 0 Å². The van der Waals surface area contributed by atoms with Gasteiger partial charge in [-0.25, -0.2) is 4.39 Å². The van der Waals surface area contributed by atoms with Gasteiger partial charge >= 0.3 is 0 Å². The summed E-state index contributed by atoms with van der Waals surface area (Å²) in [5.74, 6) is -0.229. The molecule has 2 aromatic rings. The Bertz CT molecular complexity index is 604. The third-order valence-electron chi connectivity index (χ3n) is 3.42. The van der Waals surface area contributed by atoms with Crippen molar-refractivity contribution in [3.8, 4) is 0 Å². The maximum atomic E-state index is 12.9. The SMILES string of the molecule is CN(Cc1ccc(F)cc1)C(CN)c1ccc(Br)cc1Cl. The van der Waals surface area contributed by atoms with Gasteiger partial charge in [0, 0.05) is 28.6 Å². The molecule has 0 spiro atoms. The largest absolute Gasteiger partial charge is 0.329 e. The molecule has 2 N–H and O–H groups in total. The average molecular weight is 372 g/mol. The fourth-order valence-corrected chi connectivity index (χ4v) is 3.10. The maximum Gasteiger partial charge on any atom is 0.123 e. The number of benzene rings is 2. The minimum absolute atomic E-state index is 0.00986. The normalized spacial score (nSPS) is 12.7. The molecule has 0 amide bonds. The monoisotopic (exact) mass is 370 g/mol. The van der Waals surface area contributed by atoms with Gasteiger partial charge in [-0.3, -0.25) is 4.90 Å². The van der Waals surface area contributed by atoms with E-state index in [2.05, 4.69) is 20.8 Å². The second-order valence-corrected chi connectivity index (χ2v) is 6.28. The topological polar surface area (TPSA) is 29.3 Å². The van der Waals surface area contributed by atoms with Crippen molar-refractivity contribution in [3.05, 3.63) is 68.9 Å².